The van der Waals surface area contributed by atoms with Gasteiger partial charge in [-0.3, -0.25) is 4.79 Å². The van der Waals surface area contributed by atoms with Crippen molar-refractivity contribution in [2.24, 2.45) is 0 Å². The minimum absolute atomic E-state index is 0.180. The van der Waals surface area contributed by atoms with Gasteiger partial charge in [0.1, 0.15) is 5.69 Å². The van der Waals surface area contributed by atoms with Gasteiger partial charge < -0.3 is 15.6 Å². The highest BCUT2D eigenvalue weighted by Gasteiger charge is 2.08. The fourth-order valence-corrected chi connectivity index (χ4v) is 1.84. The predicted molar refractivity (Wildman–Crippen MR) is 63.3 cm³/mol. The van der Waals surface area contributed by atoms with E-state index in [1.54, 1.807) is 5.38 Å². The number of thiazole rings is 1. The second-order valence-corrected chi connectivity index (χ2v) is 4.14. The summed E-state index contributed by atoms with van der Waals surface area (Å²) in [6.07, 6.45) is 3.90. The minimum atomic E-state index is -0.180. The van der Waals surface area contributed by atoms with Gasteiger partial charge in [0.15, 0.2) is 5.13 Å². The van der Waals surface area contributed by atoms with Gasteiger partial charge in [0, 0.05) is 30.9 Å². The van der Waals surface area contributed by atoms with Crippen molar-refractivity contribution in [1.29, 1.82) is 0 Å². The van der Waals surface area contributed by atoms with Crippen LogP contribution in [0.2, 0.25) is 0 Å². The predicted octanol–water partition coefficient (Wildman–Crippen LogP) is 0.957. The SMILES string of the molecule is Nc1nc(C(=O)NCCn2cccc2)cs1. The van der Waals surface area contributed by atoms with Gasteiger partial charge >= 0.3 is 0 Å². The molecule has 0 atom stereocenters. The molecule has 84 valence electrons. The van der Waals surface area contributed by atoms with Crippen LogP contribution in [0.4, 0.5) is 5.13 Å². The van der Waals surface area contributed by atoms with Crippen molar-refractivity contribution in [3.8, 4) is 0 Å². The van der Waals surface area contributed by atoms with Crippen molar-refractivity contribution in [2.75, 3.05) is 12.3 Å². The van der Waals surface area contributed by atoms with E-state index in [-0.39, 0.29) is 5.91 Å². The van der Waals surface area contributed by atoms with Gasteiger partial charge in [0.05, 0.1) is 0 Å². The van der Waals surface area contributed by atoms with E-state index in [0.717, 1.165) is 6.54 Å². The lowest BCUT2D eigenvalue weighted by atomic mass is 10.4. The molecule has 2 aromatic rings. The zero-order chi connectivity index (χ0) is 11.4. The van der Waals surface area contributed by atoms with Gasteiger partial charge in [-0.25, -0.2) is 4.98 Å². The van der Waals surface area contributed by atoms with Crippen molar-refractivity contribution in [2.45, 2.75) is 6.54 Å². The molecule has 3 N–H and O–H groups in total. The number of hydrogen-bond donors (Lipinski definition) is 2. The maximum Gasteiger partial charge on any atom is 0.270 e. The first-order chi connectivity index (χ1) is 7.75. The lowest BCUT2D eigenvalue weighted by molar-refractivity contribution is 0.0948. The number of nitrogens with one attached hydrogen (secondary N) is 1. The van der Waals surface area contributed by atoms with Crippen LogP contribution in [0.15, 0.2) is 29.9 Å². The Kier molecular flexibility index (Phi) is 3.21. The van der Waals surface area contributed by atoms with Crippen LogP contribution in [-0.4, -0.2) is 22.0 Å². The Labute approximate surface area is 96.9 Å². The summed E-state index contributed by atoms with van der Waals surface area (Å²) in [5.41, 5.74) is 5.83. The van der Waals surface area contributed by atoms with E-state index in [2.05, 4.69) is 10.3 Å². The number of nitrogen functional groups attached to an aromatic ring is 1. The molecule has 0 bridgehead atoms. The first kappa shape index (κ1) is 10.7. The summed E-state index contributed by atoms with van der Waals surface area (Å²) >= 11 is 1.26. The summed E-state index contributed by atoms with van der Waals surface area (Å²) in [6.45, 7) is 1.32. The average molecular weight is 236 g/mol. The Hall–Kier alpha value is -1.82. The highest BCUT2D eigenvalue weighted by molar-refractivity contribution is 7.13. The fourth-order valence-electron chi connectivity index (χ4n) is 1.30. The highest BCUT2D eigenvalue weighted by Crippen LogP contribution is 2.10. The molecule has 2 heterocycles. The molecule has 1 amide bonds. The zero-order valence-electron chi connectivity index (χ0n) is 8.59. The standard InChI is InChI=1S/C10H12N4OS/c11-10-13-8(7-16-10)9(15)12-3-6-14-4-1-2-5-14/h1-2,4-5,7H,3,6H2,(H2,11,13)(H,12,15). The number of aromatic nitrogens is 2. The number of anilines is 1. The molecule has 0 unspecified atom stereocenters. The fraction of sp³-hybridized carbons (Fsp3) is 0.200. The van der Waals surface area contributed by atoms with Crippen LogP contribution in [0, 0.1) is 0 Å². The Morgan fingerprint density at radius 2 is 2.25 bits per heavy atom. The number of nitrogens with zero attached hydrogens (tertiary/aromatic N) is 2. The van der Waals surface area contributed by atoms with Gasteiger partial charge in [-0.15, -0.1) is 11.3 Å². The van der Waals surface area contributed by atoms with Gasteiger partial charge in [0.25, 0.3) is 5.91 Å². The molecule has 0 aliphatic carbocycles. The van der Waals surface area contributed by atoms with E-state index in [0.29, 0.717) is 17.4 Å². The Morgan fingerprint density at radius 1 is 1.50 bits per heavy atom. The normalized spacial score (nSPS) is 10.2. The Bertz CT molecular complexity index is 463. The first-order valence-electron chi connectivity index (χ1n) is 4.85. The highest BCUT2D eigenvalue weighted by atomic mass is 32.1. The van der Waals surface area contributed by atoms with Crippen LogP contribution < -0.4 is 11.1 Å². The van der Waals surface area contributed by atoms with E-state index in [1.165, 1.54) is 11.3 Å². The Morgan fingerprint density at radius 3 is 2.88 bits per heavy atom. The number of nitrogens with two attached hydrogens (primary N) is 1. The average Bonchev–Trinajstić information content (AvgIpc) is 2.89. The summed E-state index contributed by atoms with van der Waals surface area (Å²) < 4.78 is 2.00. The summed E-state index contributed by atoms with van der Waals surface area (Å²) in [5.74, 6) is -0.180. The zero-order valence-corrected chi connectivity index (χ0v) is 9.41. The molecule has 16 heavy (non-hydrogen) atoms. The molecule has 0 spiro atoms. The van der Waals surface area contributed by atoms with E-state index >= 15 is 0 Å². The molecule has 0 radical (unpaired) electrons. The van der Waals surface area contributed by atoms with Crippen LogP contribution >= 0.6 is 11.3 Å². The third-order valence-corrected chi connectivity index (χ3v) is 2.75. The Balaban J connectivity index is 1.80. The molecule has 0 saturated heterocycles. The van der Waals surface area contributed by atoms with Crippen LogP contribution in [-0.2, 0) is 6.54 Å². The quantitative estimate of drug-likeness (QED) is 0.830. The molecule has 0 aromatic carbocycles. The molecule has 2 aromatic heterocycles. The number of carbonyl (C=O) groups is 1. The van der Waals surface area contributed by atoms with Crippen molar-refractivity contribution in [1.82, 2.24) is 14.9 Å². The topological polar surface area (TPSA) is 72.9 Å². The second kappa shape index (κ2) is 4.80. The molecule has 0 fully saturated rings. The van der Waals surface area contributed by atoms with E-state index in [9.17, 15) is 4.79 Å². The molecule has 2 rings (SSSR count). The maximum absolute atomic E-state index is 11.6. The summed E-state index contributed by atoms with van der Waals surface area (Å²) in [7, 11) is 0. The molecular formula is C10H12N4OS. The van der Waals surface area contributed by atoms with E-state index in [4.69, 9.17) is 5.73 Å². The molecular weight excluding hydrogens is 224 g/mol. The van der Waals surface area contributed by atoms with Crippen molar-refractivity contribution in [3.05, 3.63) is 35.6 Å². The molecule has 6 heteroatoms. The van der Waals surface area contributed by atoms with Gasteiger partial charge in [-0.2, -0.15) is 0 Å². The van der Waals surface area contributed by atoms with Crippen molar-refractivity contribution < 1.29 is 4.79 Å². The van der Waals surface area contributed by atoms with Crippen LogP contribution in [0.1, 0.15) is 10.5 Å². The first-order valence-corrected chi connectivity index (χ1v) is 5.73. The third kappa shape index (κ3) is 2.60. The lowest BCUT2D eigenvalue weighted by Crippen LogP contribution is -2.27. The third-order valence-electron chi connectivity index (χ3n) is 2.08. The van der Waals surface area contributed by atoms with E-state index in [1.807, 2.05) is 29.1 Å². The number of rotatable bonds is 4. The smallest absolute Gasteiger partial charge is 0.270 e. The molecule has 5 nitrogen and oxygen atoms in total. The van der Waals surface area contributed by atoms with Crippen LogP contribution in [0.5, 0.6) is 0 Å². The summed E-state index contributed by atoms with van der Waals surface area (Å²) in [6, 6.07) is 3.89. The van der Waals surface area contributed by atoms with Gasteiger partial charge in [-0.1, -0.05) is 0 Å². The van der Waals surface area contributed by atoms with Crippen LogP contribution in [0.25, 0.3) is 0 Å². The lowest BCUT2D eigenvalue weighted by Gasteiger charge is -2.04. The van der Waals surface area contributed by atoms with Gasteiger partial charge in [0.2, 0.25) is 0 Å². The maximum atomic E-state index is 11.6. The summed E-state index contributed by atoms with van der Waals surface area (Å²) in [5, 5.41) is 4.85. The molecule has 0 aliphatic rings. The number of carbonyl (C=O) groups excluding carboxylic acids is 1. The van der Waals surface area contributed by atoms with Gasteiger partial charge in [-0.05, 0) is 12.1 Å². The molecule has 0 aliphatic heterocycles. The monoisotopic (exact) mass is 236 g/mol. The van der Waals surface area contributed by atoms with Crippen molar-refractivity contribution >= 4 is 22.4 Å². The second-order valence-electron chi connectivity index (χ2n) is 3.25. The van der Waals surface area contributed by atoms with E-state index < -0.39 is 0 Å². The minimum Gasteiger partial charge on any atom is -0.375 e. The number of amides is 1. The molecule has 0 saturated carbocycles. The largest absolute Gasteiger partial charge is 0.375 e. The number of hydrogen-bond acceptors (Lipinski definition) is 4. The van der Waals surface area contributed by atoms with Crippen LogP contribution in [0.3, 0.4) is 0 Å². The summed E-state index contributed by atoms with van der Waals surface area (Å²) in [4.78, 5) is 15.5. The van der Waals surface area contributed by atoms with Crippen molar-refractivity contribution in [3.63, 3.8) is 0 Å².